The number of alkyl halides is 2. The normalized spacial score (nSPS) is 15.4. The minimum Gasteiger partial charge on any atom is -0.349 e. The molecule has 1 aromatic heterocycles. The minimum absolute atomic E-state index is 0.0353. The predicted octanol–water partition coefficient (Wildman–Crippen LogP) is 4.31. The highest BCUT2D eigenvalue weighted by atomic mass is 19.3. The molecule has 1 aliphatic heterocycles. The number of benzene rings is 2. The number of nitrogens with zero attached hydrogens (tertiary/aromatic N) is 3. The van der Waals surface area contributed by atoms with Gasteiger partial charge < -0.3 is 5.32 Å². The van der Waals surface area contributed by atoms with E-state index in [1.165, 1.54) is 0 Å². The highest BCUT2D eigenvalue weighted by molar-refractivity contribution is 6.00. The van der Waals surface area contributed by atoms with E-state index in [1.807, 2.05) is 61.5 Å². The van der Waals surface area contributed by atoms with Crippen molar-refractivity contribution in [1.82, 2.24) is 20.0 Å². The SMILES string of the molecule is Cc1cccc(-c2nn(-c3ccccc3)cc2C(=O)NC2CCN(CC(F)F)CC2)c1. The van der Waals surface area contributed by atoms with Crippen LogP contribution in [0.2, 0.25) is 0 Å². The first kappa shape index (κ1) is 21.2. The van der Waals surface area contributed by atoms with Crippen molar-refractivity contribution in [2.75, 3.05) is 19.6 Å². The summed E-state index contributed by atoms with van der Waals surface area (Å²) in [5.41, 5.74) is 3.97. The highest BCUT2D eigenvalue weighted by Crippen LogP contribution is 2.25. The molecule has 2 aromatic carbocycles. The molecule has 5 nitrogen and oxygen atoms in total. The molecule has 7 heteroatoms. The van der Waals surface area contributed by atoms with E-state index in [0.717, 1.165) is 16.8 Å². The number of aromatic nitrogens is 2. The molecule has 1 N–H and O–H groups in total. The number of piperidine rings is 1. The van der Waals surface area contributed by atoms with Gasteiger partial charge in [0.15, 0.2) is 0 Å². The van der Waals surface area contributed by atoms with Gasteiger partial charge in [0.05, 0.1) is 17.8 Å². The molecular weight excluding hydrogens is 398 g/mol. The Morgan fingerprint density at radius 3 is 2.55 bits per heavy atom. The fraction of sp³-hybridized carbons (Fsp3) is 0.333. The molecule has 4 rings (SSSR count). The number of amides is 1. The number of para-hydroxylation sites is 1. The molecule has 31 heavy (non-hydrogen) atoms. The molecule has 2 heterocycles. The number of carbonyl (C=O) groups excluding carboxylic acids is 1. The Morgan fingerprint density at radius 1 is 1.13 bits per heavy atom. The monoisotopic (exact) mass is 424 g/mol. The Bertz CT molecular complexity index is 1030. The van der Waals surface area contributed by atoms with Gasteiger partial charge in [0.25, 0.3) is 12.3 Å². The van der Waals surface area contributed by atoms with Crippen molar-refractivity contribution < 1.29 is 13.6 Å². The van der Waals surface area contributed by atoms with Gasteiger partial charge in [-0.25, -0.2) is 13.5 Å². The van der Waals surface area contributed by atoms with E-state index < -0.39 is 6.43 Å². The van der Waals surface area contributed by atoms with Gasteiger partial charge in [0.1, 0.15) is 5.69 Å². The molecule has 0 unspecified atom stereocenters. The molecule has 0 spiro atoms. The van der Waals surface area contributed by atoms with Crippen LogP contribution in [0.3, 0.4) is 0 Å². The standard InChI is InChI=1S/C24H26F2N4O/c1-17-6-5-7-18(14-17)23-21(15-30(28-23)20-8-3-2-4-9-20)24(31)27-19-10-12-29(13-11-19)16-22(25)26/h2-9,14-15,19,22H,10-13,16H2,1H3,(H,27,31). The Hall–Kier alpha value is -3.06. The molecule has 1 aliphatic rings. The molecule has 0 aliphatic carbocycles. The molecule has 162 valence electrons. The predicted molar refractivity (Wildman–Crippen MR) is 117 cm³/mol. The van der Waals surface area contributed by atoms with Crippen molar-refractivity contribution >= 4 is 5.91 Å². The maximum atomic E-state index is 13.2. The zero-order chi connectivity index (χ0) is 21.8. The number of rotatable bonds is 6. The van der Waals surface area contributed by atoms with Crippen molar-refractivity contribution in [3.63, 3.8) is 0 Å². The zero-order valence-corrected chi connectivity index (χ0v) is 17.5. The summed E-state index contributed by atoms with van der Waals surface area (Å²) < 4.78 is 26.9. The summed E-state index contributed by atoms with van der Waals surface area (Å²) in [7, 11) is 0. The summed E-state index contributed by atoms with van der Waals surface area (Å²) in [5, 5.41) is 7.81. The van der Waals surface area contributed by atoms with Gasteiger partial charge in [-0.2, -0.15) is 5.10 Å². The Kier molecular flexibility index (Phi) is 6.42. The lowest BCUT2D eigenvalue weighted by Crippen LogP contribution is -2.45. The molecule has 0 atom stereocenters. The van der Waals surface area contributed by atoms with Crippen molar-refractivity contribution in [1.29, 1.82) is 0 Å². The van der Waals surface area contributed by atoms with Gasteiger partial charge in [0.2, 0.25) is 0 Å². The molecule has 3 aromatic rings. The third-order valence-corrected chi connectivity index (χ3v) is 5.59. The number of likely N-dealkylation sites (tertiary alicyclic amines) is 1. The van der Waals surface area contributed by atoms with Crippen LogP contribution in [0.5, 0.6) is 0 Å². The first-order valence-electron chi connectivity index (χ1n) is 10.5. The maximum absolute atomic E-state index is 13.2. The van der Waals surface area contributed by atoms with Gasteiger partial charge in [-0.1, -0.05) is 42.0 Å². The van der Waals surface area contributed by atoms with Crippen LogP contribution >= 0.6 is 0 Å². The molecule has 0 bridgehead atoms. The lowest BCUT2D eigenvalue weighted by Gasteiger charge is -2.32. The van der Waals surface area contributed by atoms with Crippen molar-refractivity contribution in [3.8, 4) is 16.9 Å². The zero-order valence-electron chi connectivity index (χ0n) is 17.5. The first-order valence-corrected chi connectivity index (χ1v) is 10.5. The average Bonchev–Trinajstić information content (AvgIpc) is 3.21. The van der Waals surface area contributed by atoms with E-state index in [0.29, 0.717) is 37.2 Å². The Morgan fingerprint density at radius 2 is 1.87 bits per heavy atom. The highest BCUT2D eigenvalue weighted by Gasteiger charge is 2.25. The molecule has 1 amide bonds. The van der Waals surface area contributed by atoms with Gasteiger partial charge in [-0.05, 0) is 38.0 Å². The van der Waals surface area contributed by atoms with Crippen LogP contribution in [0, 0.1) is 6.92 Å². The third kappa shape index (κ3) is 5.17. The van der Waals surface area contributed by atoms with E-state index in [4.69, 9.17) is 5.10 Å². The first-order chi connectivity index (χ1) is 15.0. The summed E-state index contributed by atoms with van der Waals surface area (Å²) in [6, 6.07) is 17.5. The maximum Gasteiger partial charge on any atom is 0.255 e. The van der Waals surface area contributed by atoms with E-state index in [2.05, 4.69) is 5.32 Å². The number of aryl methyl sites for hydroxylation is 1. The van der Waals surface area contributed by atoms with Crippen LogP contribution in [-0.4, -0.2) is 52.7 Å². The summed E-state index contributed by atoms with van der Waals surface area (Å²) in [5.74, 6) is -0.189. The van der Waals surface area contributed by atoms with Crippen molar-refractivity contribution in [3.05, 3.63) is 71.9 Å². The quantitative estimate of drug-likeness (QED) is 0.642. The van der Waals surface area contributed by atoms with Crippen molar-refractivity contribution in [2.24, 2.45) is 0 Å². The lowest BCUT2D eigenvalue weighted by molar-refractivity contribution is 0.0696. The van der Waals surface area contributed by atoms with E-state index in [9.17, 15) is 13.6 Å². The summed E-state index contributed by atoms with van der Waals surface area (Å²) in [6.45, 7) is 2.92. The van der Waals surface area contributed by atoms with Crippen molar-refractivity contribution in [2.45, 2.75) is 32.2 Å². The van der Waals surface area contributed by atoms with Gasteiger partial charge in [0, 0.05) is 30.9 Å². The lowest BCUT2D eigenvalue weighted by atomic mass is 10.0. The second-order valence-electron chi connectivity index (χ2n) is 7.98. The molecular formula is C24H26F2N4O. The Labute approximate surface area is 180 Å². The number of nitrogens with one attached hydrogen (secondary N) is 1. The molecule has 0 radical (unpaired) electrons. The van der Waals surface area contributed by atoms with Crippen LogP contribution in [0.15, 0.2) is 60.8 Å². The van der Waals surface area contributed by atoms with Crippen LogP contribution < -0.4 is 5.32 Å². The van der Waals surface area contributed by atoms with Gasteiger partial charge in [-0.15, -0.1) is 0 Å². The van der Waals surface area contributed by atoms with E-state index in [-0.39, 0.29) is 18.5 Å². The average molecular weight is 424 g/mol. The largest absolute Gasteiger partial charge is 0.349 e. The Balaban J connectivity index is 1.56. The van der Waals surface area contributed by atoms with Crippen LogP contribution in [0.4, 0.5) is 8.78 Å². The summed E-state index contributed by atoms with van der Waals surface area (Å²) in [4.78, 5) is 14.9. The second kappa shape index (κ2) is 9.39. The fourth-order valence-corrected chi connectivity index (χ4v) is 3.98. The smallest absolute Gasteiger partial charge is 0.255 e. The number of hydrogen-bond acceptors (Lipinski definition) is 3. The fourth-order valence-electron chi connectivity index (χ4n) is 3.98. The minimum atomic E-state index is -2.33. The summed E-state index contributed by atoms with van der Waals surface area (Å²) >= 11 is 0. The number of carbonyl (C=O) groups is 1. The van der Waals surface area contributed by atoms with Crippen LogP contribution in [0.25, 0.3) is 16.9 Å². The third-order valence-electron chi connectivity index (χ3n) is 5.59. The van der Waals surface area contributed by atoms with E-state index >= 15 is 0 Å². The molecule has 1 fully saturated rings. The molecule has 1 saturated heterocycles. The van der Waals surface area contributed by atoms with Crippen LogP contribution in [0.1, 0.15) is 28.8 Å². The van der Waals surface area contributed by atoms with Gasteiger partial charge >= 0.3 is 0 Å². The summed E-state index contributed by atoms with van der Waals surface area (Å²) in [6.07, 6.45) is 0.747. The number of halogens is 2. The topological polar surface area (TPSA) is 50.2 Å². The van der Waals surface area contributed by atoms with E-state index in [1.54, 1.807) is 15.8 Å². The van der Waals surface area contributed by atoms with Gasteiger partial charge in [-0.3, -0.25) is 9.69 Å². The molecule has 0 saturated carbocycles. The number of hydrogen-bond donors (Lipinski definition) is 1. The van der Waals surface area contributed by atoms with Crippen LogP contribution in [-0.2, 0) is 0 Å². The second-order valence-corrected chi connectivity index (χ2v) is 7.98.